The van der Waals surface area contributed by atoms with Gasteiger partial charge in [0.2, 0.25) is 0 Å². The molecule has 0 radical (unpaired) electrons. The lowest BCUT2D eigenvalue weighted by molar-refractivity contribution is -0.152. The van der Waals surface area contributed by atoms with Gasteiger partial charge in [0.05, 0.1) is 0 Å². The van der Waals surface area contributed by atoms with E-state index < -0.39 is 16.8 Å². The van der Waals surface area contributed by atoms with Gasteiger partial charge in [-0.05, 0) is 60.7 Å². The van der Waals surface area contributed by atoms with Gasteiger partial charge in [-0.1, -0.05) is 26.8 Å². The van der Waals surface area contributed by atoms with Crippen LogP contribution in [0.5, 0.6) is 0 Å². The van der Waals surface area contributed by atoms with Crippen LogP contribution in [0.1, 0.15) is 59.3 Å². The smallest absolute Gasteiger partial charge is 0.303 e. The van der Waals surface area contributed by atoms with E-state index in [-0.39, 0.29) is 53.4 Å². The highest BCUT2D eigenvalue weighted by Gasteiger charge is 2.64. The van der Waals surface area contributed by atoms with Gasteiger partial charge >= 0.3 is 5.97 Å². The Morgan fingerprint density at radius 3 is 2.62 bits per heavy atom. The van der Waals surface area contributed by atoms with Crippen molar-refractivity contribution in [1.29, 1.82) is 0 Å². The molecule has 156 valence electrons. The highest BCUT2D eigenvalue weighted by Crippen LogP contribution is 2.65. The molecule has 7 atom stereocenters. The molecule has 1 N–H and O–H groups in total. The van der Waals surface area contributed by atoms with Gasteiger partial charge in [0.25, 0.3) is 0 Å². The van der Waals surface area contributed by atoms with Crippen molar-refractivity contribution in [2.45, 2.75) is 59.3 Å². The maximum absolute atomic E-state index is 13.6. The molecule has 5 nitrogen and oxygen atoms in total. The third-order valence-corrected chi connectivity index (χ3v) is 8.81. The number of carboxylic acids is 1. The van der Waals surface area contributed by atoms with Crippen molar-refractivity contribution in [2.75, 3.05) is 0 Å². The predicted octanol–water partition coefficient (Wildman–Crippen LogP) is 3.77. The summed E-state index contributed by atoms with van der Waals surface area (Å²) < 4.78 is 0. The first-order chi connectivity index (χ1) is 13.6. The molecule has 4 rings (SSSR count). The van der Waals surface area contributed by atoms with Gasteiger partial charge in [-0.2, -0.15) is 0 Å². The minimum Gasteiger partial charge on any atom is -0.481 e. The molecule has 5 heteroatoms. The van der Waals surface area contributed by atoms with Crippen molar-refractivity contribution in [3.05, 3.63) is 23.8 Å². The van der Waals surface area contributed by atoms with E-state index in [2.05, 4.69) is 13.8 Å². The molecule has 3 fully saturated rings. The molecule has 0 aliphatic heterocycles. The lowest BCUT2D eigenvalue weighted by Crippen LogP contribution is -2.57. The molecule has 0 amide bonds. The summed E-state index contributed by atoms with van der Waals surface area (Å²) in [5.41, 5.74) is -0.103. The van der Waals surface area contributed by atoms with E-state index in [1.165, 1.54) is 0 Å². The average Bonchev–Trinajstić information content (AvgIpc) is 3.01. The minimum atomic E-state index is -0.806. The van der Waals surface area contributed by atoms with E-state index in [1.807, 2.05) is 13.0 Å². The van der Waals surface area contributed by atoms with Crippen molar-refractivity contribution >= 4 is 23.3 Å². The Hall–Kier alpha value is -2.04. The number of fused-ring (bicyclic) bond motifs is 5. The SMILES string of the molecule is C[C@H](CCC(=O)O)[C@H]1CC[C@H]2[C@@H]3C(=O)CC4=CC(=O)C=C[C@]4(C)[C@H]3CC(=O)[C@]12C. The Balaban J connectivity index is 1.67. The van der Waals surface area contributed by atoms with Crippen LogP contribution in [0.2, 0.25) is 0 Å². The van der Waals surface area contributed by atoms with Crippen LogP contribution in [0.25, 0.3) is 0 Å². The largest absolute Gasteiger partial charge is 0.481 e. The summed E-state index contributed by atoms with van der Waals surface area (Å²) in [5.74, 6) is -0.461. The van der Waals surface area contributed by atoms with Gasteiger partial charge in [0, 0.05) is 36.0 Å². The number of carboxylic acid groups (broad SMARTS) is 1. The fourth-order valence-electron chi connectivity index (χ4n) is 7.14. The normalized spacial score (nSPS) is 42.0. The summed E-state index contributed by atoms with van der Waals surface area (Å²) >= 11 is 0. The molecular weight excluding hydrogens is 368 g/mol. The lowest BCUT2D eigenvalue weighted by Gasteiger charge is -2.55. The Morgan fingerprint density at radius 1 is 1.21 bits per heavy atom. The molecule has 0 spiro atoms. The summed E-state index contributed by atoms with van der Waals surface area (Å²) in [7, 11) is 0. The fourth-order valence-corrected chi connectivity index (χ4v) is 7.14. The van der Waals surface area contributed by atoms with Crippen LogP contribution < -0.4 is 0 Å². The van der Waals surface area contributed by atoms with Crippen molar-refractivity contribution in [3.63, 3.8) is 0 Å². The standard InChI is InChI=1S/C24H30O5/c1-13(4-7-21(28)29)16-5-6-17-22-18(12-20(27)24(16,17)3)23(2)9-8-15(25)10-14(23)11-19(22)26/h8-10,13,16-18,22H,4-7,11-12H2,1-3H3,(H,28,29)/t13-,16-,17+,18+,22+,23+,24-/m1/s1. The molecular formula is C24H30O5. The number of aliphatic carboxylic acids is 1. The van der Waals surface area contributed by atoms with E-state index in [0.717, 1.165) is 18.4 Å². The van der Waals surface area contributed by atoms with Crippen LogP contribution in [0.3, 0.4) is 0 Å². The second kappa shape index (κ2) is 6.75. The van der Waals surface area contributed by atoms with E-state index in [9.17, 15) is 19.2 Å². The van der Waals surface area contributed by atoms with Crippen LogP contribution in [0.15, 0.2) is 23.8 Å². The fraction of sp³-hybridized carbons (Fsp3) is 0.667. The minimum absolute atomic E-state index is 0.0166. The quantitative estimate of drug-likeness (QED) is 0.779. The van der Waals surface area contributed by atoms with Gasteiger partial charge in [-0.25, -0.2) is 0 Å². The highest BCUT2D eigenvalue weighted by molar-refractivity contribution is 6.03. The topological polar surface area (TPSA) is 88.5 Å². The van der Waals surface area contributed by atoms with E-state index in [0.29, 0.717) is 19.3 Å². The summed E-state index contributed by atoms with van der Waals surface area (Å²) in [4.78, 5) is 49.7. The molecule has 29 heavy (non-hydrogen) atoms. The van der Waals surface area contributed by atoms with Gasteiger partial charge in [-0.15, -0.1) is 0 Å². The first kappa shape index (κ1) is 20.2. The van der Waals surface area contributed by atoms with Crippen LogP contribution in [0.4, 0.5) is 0 Å². The number of ketones is 3. The second-order valence-corrected chi connectivity index (χ2v) is 10.1. The van der Waals surface area contributed by atoms with E-state index >= 15 is 0 Å². The maximum atomic E-state index is 13.6. The molecule has 0 bridgehead atoms. The molecule has 0 aromatic carbocycles. The molecule has 4 aliphatic rings. The summed E-state index contributed by atoms with van der Waals surface area (Å²) in [5, 5.41) is 9.05. The zero-order chi connectivity index (χ0) is 21.1. The number of Topliss-reactive ketones (excluding diaryl/α,β-unsaturated/α-hetero) is 2. The molecule has 0 heterocycles. The van der Waals surface area contributed by atoms with Gasteiger partial charge in [-0.3, -0.25) is 19.2 Å². The Labute approximate surface area is 171 Å². The monoisotopic (exact) mass is 398 g/mol. The molecule has 0 aromatic rings. The van der Waals surface area contributed by atoms with Gasteiger partial charge < -0.3 is 5.11 Å². The number of carbonyl (C=O) groups excluding carboxylic acids is 3. The van der Waals surface area contributed by atoms with Crippen LogP contribution in [0, 0.1) is 40.4 Å². The maximum Gasteiger partial charge on any atom is 0.303 e. The molecule has 4 aliphatic carbocycles. The number of rotatable bonds is 4. The number of hydrogen-bond acceptors (Lipinski definition) is 4. The third-order valence-electron chi connectivity index (χ3n) is 8.81. The molecule has 0 saturated heterocycles. The van der Waals surface area contributed by atoms with Gasteiger partial charge in [0.15, 0.2) is 5.78 Å². The van der Waals surface area contributed by atoms with Crippen molar-refractivity contribution in [3.8, 4) is 0 Å². The van der Waals surface area contributed by atoms with Crippen molar-refractivity contribution in [1.82, 2.24) is 0 Å². The summed E-state index contributed by atoms with van der Waals surface area (Å²) in [6.07, 6.45) is 8.15. The Kier molecular flexibility index (Phi) is 4.71. The molecule has 0 unspecified atom stereocenters. The molecule has 3 saturated carbocycles. The van der Waals surface area contributed by atoms with E-state index in [4.69, 9.17) is 5.11 Å². The zero-order valence-corrected chi connectivity index (χ0v) is 17.4. The van der Waals surface area contributed by atoms with E-state index in [1.54, 1.807) is 12.2 Å². The van der Waals surface area contributed by atoms with Crippen LogP contribution in [-0.4, -0.2) is 28.4 Å². The zero-order valence-electron chi connectivity index (χ0n) is 17.4. The Bertz CT molecular complexity index is 851. The predicted molar refractivity (Wildman–Crippen MR) is 107 cm³/mol. The number of hydrogen-bond donors (Lipinski definition) is 1. The van der Waals surface area contributed by atoms with Gasteiger partial charge in [0.1, 0.15) is 11.6 Å². The third kappa shape index (κ3) is 2.88. The first-order valence-corrected chi connectivity index (χ1v) is 10.8. The van der Waals surface area contributed by atoms with Crippen molar-refractivity contribution < 1.29 is 24.3 Å². The van der Waals surface area contributed by atoms with Crippen molar-refractivity contribution in [2.24, 2.45) is 40.4 Å². The Morgan fingerprint density at radius 2 is 1.93 bits per heavy atom. The number of carbonyl (C=O) groups is 4. The molecule has 0 aromatic heterocycles. The highest BCUT2D eigenvalue weighted by atomic mass is 16.4. The number of allylic oxidation sites excluding steroid dienone is 4. The summed E-state index contributed by atoms with van der Waals surface area (Å²) in [6, 6.07) is 0. The lowest BCUT2D eigenvalue weighted by atomic mass is 9.46. The first-order valence-electron chi connectivity index (χ1n) is 10.8. The van der Waals surface area contributed by atoms with Crippen LogP contribution >= 0.6 is 0 Å². The summed E-state index contributed by atoms with van der Waals surface area (Å²) in [6.45, 7) is 6.16. The van der Waals surface area contributed by atoms with Crippen LogP contribution in [-0.2, 0) is 19.2 Å². The average molecular weight is 398 g/mol. The second-order valence-electron chi connectivity index (χ2n) is 10.1.